The number of furan rings is 1. The number of hydrogen-bond donors (Lipinski definition) is 1. The summed E-state index contributed by atoms with van der Waals surface area (Å²) in [6, 6.07) is 1.85. The van der Waals surface area contributed by atoms with E-state index < -0.39 is 0 Å². The summed E-state index contributed by atoms with van der Waals surface area (Å²) in [5.41, 5.74) is 6.87. The number of nitrogens with two attached hydrogens (primary N) is 1. The molecule has 1 atom stereocenters. The van der Waals surface area contributed by atoms with E-state index in [9.17, 15) is 4.79 Å². The van der Waals surface area contributed by atoms with Crippen molar-refractivity contribution in [1.29, 1.82) is 0 Å². The molecule has 1 fully saturated rings. The van der Waals surface area contributed by atoms with Crippen LogP contribution in [-0.2, 0) is 6.42 Å². The first-order chi connectivity index (χ1) is 8.49. The third-order valence-electron chi connectivity index (χ3n) is 3.89. The Labute approximate surface area is 108 Å². The van der Waals surface area contributed by atoms with Gasteiger partial charge in [0.05, 0.1) is 0 Å². The molecule has 1 aromatic rings. The molecule has 1 amide bonds. The molecule has 1 aliphatic rings. The zero-order valence-electron chi connectivity index (χ0n) is 11.5. The van der Waals surface area contributed by atoms with Crippen LogP contribution in [0.4, 0.5) is 0 Å². The lowest BCUT2D eigenvalue weighted by Crippen LogP contribution is -2.34. The molecule has 0 aromatic carbocycles. The van der Waals surface area contributed by atoms with Crippen molar-refractivity contribution in [3.63, 3.8) is 0 Å². The van der Waals surface area contributed by atoms with Crippen molar-refractivity contribution in [2.24, 2.45) is 11.1 Å². The van der Waals surface area contributed by atoms with Gasteiger partial charge >= 0.3 is 0 Å². The van der Waals surface area contributed by atoms with E-state index in [0.29, 0.717) is 12.3 Å². The highest BCUT2D eigenvalue weighted by atomic mass is 16.4. The quantitative estimate of drug-likeness (QED) is 0.892. The van der Waals surface area contributed by atoms with E-state index >= 15 is 0 Å². The number of likely N-dealkylation sites (tertiary alicyclic amines) is 1. The van der Waals surface area contributed by atoms with E-state index in [1.54, 1.807) is 0 Å². The summed E-state index contributed by atoms with van der Waals surface area (Å²) in [4.78, 5) is 14.2. The number of carbonyl (C=O) groups is 1. The Bertz CT molecular complexity index is 453. The molecule has 4 heteroatoms. The van der Waals surface area contributed by atoms with E-state index in [4.69, 9.17) is 10.2 Å². The van der Waals surface area contributed by atoms with Crippen LogP contribution in [0.15, 0.2) is 10.5 Å². The summed E-state index contributed by atoms with van der Waals surface area (Å²) in [7, 11) is 0. The van der Waals surface area contributed by atoms with Gasteiger partial charge in [0.25, 0.3) is 5.91 Å². The minimum atomic E-state index is -0.00465. The molecular weight excluding hydrogens is 228 g/mol. The molecule has 0 saturated carbocycles. The first kappa shape index (κ1) is 13.1. The smallest absolute Gasteiger partial charge is 0.289 e. The van der Waals surface area contributed by atoms with Gasteiger partial charge in [0.2, 0.25) is 0 Å². The van der Waals surface area contributed by atoms with Crippen molar-refractivity contribution >= 4 is 5.91 Å². The Balaban J connectivity index is 2.12. The predicted octanol–water partition coefficient (Wildman–Crippen LogP) is 1.96. The second kappa shape index (κ2) is 4.76. The molecule has 4 nitrogen and oxygen atoms in total. The van der Waals surface area contributed by atoms with Crippen molar-refractivity contribution < 1.29 is 9.21 Å². The summed E-state index contributed by atoms with van der Waals surface area (Å²) in [6.45, 7) is 8.26. The first-order valence-corrected chi connectivity index (χ1v) is 6.58. The predicted molar refractivity (Wildman–Crippen MR) is 70.5 cm³/mol. The average Bonchev–Trinajstić information content (AvgIpc) is 2.93. The molecule has 1 unspecified atom stereocenters. The molecule has 0 bridgehead atoms. The van der Waals surface area contributed by atoms with E-state index in [1.807, 2.05) is 24.8 Å². The summed E-state index contributed by atoms with van der Waals surface area (Å²) < 4.78 is 5.62. The fraction of sp³-hybridized carbons (Fsp3) is 0.643. The number of nitrogens with zero attached hydrogens (tertiary/aromatic N) is 1. The maximum Gasteiger partial charge on any atom is 0.289 e. The van der Waals surface area contributed by atoms with Gasteiger partial charge < -0.3 is 15.1 Å². The van der Waals surface area contributed by atoms with Gasteiger partial charge in [0.1, 0.15) is 5.76 Å². The molecule has 18 heavy (non-hydrogen) atoms. The van der Waals surface area contributed by atoms with Gasteiger partial charge in [-0.3, -0.25) is 4.79 Å². The van der Waals surface area contributed by atoms with Gasteiger partial charge in [-0.05, 0) is 36.9 Å². The third-order valence-corrected chi connectivity index (χ3v) is 3.89. The van der Waals surface area contributed by atoms with Crippen molar-refractivity contribution in [3.8, 4) is 0 Å². The van der Waals surface area contributed by atoms with E-state index in [0.717, 1.165) is 37.3 Å². The molecule has 1 aliphatic heterocycles. The number of amides is 1. The highest BCUT2D eigenvalue weighted by molar-refractivity contribution is 5.92. The van der Waals surface area contributed by atoms with Gasteiger partial charge in [-0.2, -0.15) is 0 Å². The zero-order valence-corrected chi connectivity index (χ0v) is 11.5. The lowest BCUT2D eigenvalue weighted by Gasteiger charge is -2.21. The fourth-order valence-electron chi connectivity index (χ4n) is 2.50. The highest BCUT2D eigenvalue weighted by Crippen LogP contribution is 2.30. The van der Waals surface area contributed by atoms with Crippen molar-refractivity contribution in [2.45, 2.75) is 33.6 Å². The molecule has 1 aromatic heterocycles. The lowest BCUT2D eigenvalue weighted by molar-refractivity contribution is 0.0743. The number of carbonyl (C=O) groups excluding carboxylic acids is 1. The molecular formula is C14H22N2O2. The second-order valence-corrected chi connectivity index (χ2v) is 5.56. The Morgan fingerprint density at radius 1 is 1.61 bits per heavy atom. The third kappa shape index (κ3) is 2.29. The Kier molecular flexibility index (Phi) is 3.48. The topological polar surface area (TPSA) is 59.5 Å². The van der Waals surface area contributed by atoms with Gasteiger partial charge in [-0.25, -0.2) is 0 Å². The number of hydrogen-bond acceptors (Lipinski definition) is 3. The van der Waals surface area contributed by atoms with Crippen LogP contribution >= 0.6 is 0 Å². The molecule has 2 heterocycles. The van der Waals surface area contributed by atoms with Crippen LogP contribution in [0.5, 0.6) is 0 Å². The van der Waals surface area contributed by atoms with Gasteiger partial charge in [-0.15, -0.1) is 0 Å². The van der Waals surface area contributed by atoms with Crippen LogP contribution in [0.25, 0.3) is 0 Å². The van der Waals surface area contributed by atoms with Gasteiger partial charge in [-0.1, -0.05) is 13.8 Å². The number of rotatable bonds is 3. The maximum absolute atomic E-state index is 12.3. The van der Waals surface area contributed by atoms with E-state index in [1.165, 1.54) is 0 Å². The minimum absolute atomic E-state index is 0.00465. The van der Waals surface area contributed by atoms with Crippen LogP contribution in [0.1, 0.15) is 42.1 Å². The monoisotopic (exact) mass is 250 g/mol. The highest BCUT2D eigenvalue weighted by Gasteiger charge is 2.36. The molecule has 1 saturated heterocycles. The maximum atomic E-state index is 12.3. The van der Waals surface area contributed by atoms with Crippen LogP contribution < -0.4 is 5.73 Å². The molecule has 0 aliphatic carbocycles. The lowest BCUT2D eigenvalue weighted by atomic mass is 9.90. The summed E-state index contributed by atoms with van der Waals surface area (Å²) in [5, 5.41) is 0. The molecule has 2 rings (SSSR count). The SMILES string of the molecule is CCc1oc(C(=O)N2CCC(C)(CN)C2)cc1C. The minimum Gasteiger partial charge on any atom is -0.456 e. The Morgan fingerprint density at radius 2 is 2.33 bits per heavy atom. The molecule has 0 radical (unpaired) electrons. The molecule has 2 N–H and O–H groups in total. The van der Waals surface area contributed by atoms with Crippen molar-refractivity contribution in [1.82, 2.24) is 4.90 Å². The van der Waals surface area contributed by atoms with E-state index in [2.05, 4.69) is 6.92 Å². The number of aryl methyl sites for hydroxylation is 2. The van der Waals surface area contributed by atoms with Crippen LogP contribution in [0.3, 0.4) is 0 Å². The van der Waals surface area contributed by atoms with E-state index in [-0.39, 0.29) is 11.3 Å². The average molecular weight is 250 g/mol. The fourth-order valence-corrected chi connectivity index (χ4v) is 2.50. The standard InChI is InChI=1S/C14H22N2O2/c1-4-11-10(2)7-12(18-11)13(17)16-6-5-14(3,8-15)9-16/h7H,4-6,8-9,15H2,1-3H3. The van der Waals surface area contributed by atoms with Crippen LogP contribution in [0, 0.1) is 12.3 Å². The van der Waals surface area contributed by atoms with Crippen molar-refractivity contribution in [2.75, 3.05) is 19.6 Å². The molecule has 100 valence electrons. The van der Waals surface area contributed by atoms with Crippen LogP contribution in [-0.4, -0.2) is 30.4 Å². The Morgan fingerprint density at radius 3 is 2.83 bits per heavy atom. The summed E-state index contributed by atoms with van der Waals surface area (Å²) in [6.07, 6.45) is 1.79. The first-order valence-electron chi connectivity index (χ1n) is 6.58. The normalized spacial score (nSPS) is 23.7. The Hall–Kier alpha value is -1.29. The molecule has 0 spiro atoms. The summed E-state index contributed by atoms with van der Waals surface area (Å²) >= 11 is 0. The van der Waals surface area contributed by atoms with Gasteiger partial charge in [0, 0.05) is 19.5 Å². The summed E-state index contributed by atoms with van der Waals surface area (Å²) in [5.74, 6) is 1.36. The zero-order chi connectivity index (χ0) is 13.3. The largest absolute Gasteiger partial charge is 0.456 e. The second-order valence-electron chi connectivity index (χ2n) is 5.56. The van der Waals surface area contributed by atoms with Crippen molar-refractivity contribution in [3.05, 3.63) is 23.2 Å². The van der Waals surface area contributed by atoms with Gasteiger partial charge in [0.15, 0.2) is 5.76 Å². The van der Waals surface area contributed by atoms with Crippen LogP contribution in [0.2, 0.25) is 0 Å².